The zero-order chi connectivity index (χ0) is 13.8. The van der Waals surface area contributed by atoms with Gasteiger partial charge in [-0.1, -0.05) is 6.07 Å². The topological polar surface area (TPSA) is 61.5 Å². The molecule has 0 saturated carbocycles. The van der Waals surface area contributed by atoms with Crippen molar-refractivity contribution in [3.05, 3.63) is 46.2 Å². The lowest BCUT2D eigenvalue weighted by Crippen LogP contribution is -2.21. The summed E-state index contributed by atoms with van der Waals surface area (Å²) in [6.07, 6.45) is 0. The van der Waals surface area contributed by atoms with Gasteiger partial charge in [0.1, 0.15) is 17.5 Å². The van der Waals surface area contributed by atoms with Crippen LogP contribution in [0.25, 0.3) is 0 Å². The zero-order valence-corrected chi connectivity index (χ0v) is 11.6. The average Bonchev–Trinajstić information content (AvgIpc) is 2.99. The largest absolute Gasteiger partial charge is 0.497 e. The Morgan fingerprint density at radius 2 is 2.05 bits per heavy atom. The van der Waals surface area contributed by atoms with E-state index in [1.165, 1.54) is 18.4 Å². The Hall–Kier alpha value is -1.85. The molecular formula is C14H15NO3S. The summed E-state index contributed by atoms with van der Waals surface area (Å²) in [4.78, 5) is 13.2. The highest BCUT2D eigenvalue weighted by molar-refractivity contribution is 7.10. The number of ketones is 1. The molecule has 2 N–H and O–H groups in total. The number of benzene rings is 1. The Kier molecular flexibility index (Phi) is 4.19. The molecule has 1 aromatic heterocycles. The van der Waals surface area contributed by atoms with Gasteiger partial charge in [-0.15, -0.1) is 11.3 Å². The first-order chi connectivity index (χ1) is 9.17. The molecule has 0 aliphatic heterocycles. The van der Waals surface area contributed by atoms with Crippen molar-refractivity contribution in [3.8, 4) is 11.5 Å². The highest BCUT2D eigenvalue weighted by Gasteiger charge is 2.22. The van der Waals surface area contributed by atoms with Crippen LogP contribution in [0.15, 0.2) is 35.7 Å². The minimum absolute atomic E-state index is 0.165. The second-order valence-electron chi connectivity index (χ2n) is 3.92. The number of ether oxygens (including phenoxy) is 2. The Balaban J connectivity index is 2.33. The van der Waals surface area contributed by atoms with Gasteiger partial charge in [0.25, 0.3) is 0 Å². The molecule has 0 fully saturated rings. The van der Waals surface area contributed by atoms with Gasteiger partial charge in [-0.3, -0.25) is 4.79 Å². The van der Waals surface area contributed by atoms with E-state index in [1.807, 2.05) is 17.5 Å². The van der Waals surface area contributed by atoms with Gasteiger partial charge in [0.2, 0.25) is 0 Å². The third-order valence-electron chi connectivity index (χ3n) is 2.81. The Morgan fingerprint density at radius 1 is 1.26 bits per heavy atom. The summed E-state index contributed by atoms with van der Waals surface area (Å²) in [6, 6.07) is 8.13. The van der Waals surface area contributed by atoms with E-state index in [0.717, 1.165) is 4.88 Å². The molecule has 0 bridgehead atoms. The van der Waals surface area contributed by atoms with Crippen LogP contribution in [-0.2, 0) is 0 Å². The Morgan fingerprint density at radius 3 is 2.63 bits per heavy atom. The predicted octanol–water partition coefficient (Wildman–Crippen LogP) is 2.65. The summed E-state index contributed by atoms with van der Waals surface area (Å²) in [5.74, 6) is 0.941. The molecule has 0 aliphatic carbocycles. The van der Waals surface area contributed by atoms with Crippen molar-refractivity contribution in [1.29, 1.82) is 0 Å². The van der Waals surface area contributed by atoms with Crippen LogP contribution >= 0.6 is 11.3 Å². The fourth-order valence-corrected chi connectivity index (χ4v) is 2.49. The number of thiophene rings is 1. The van der Waals surface area contributed by atoms with Crippen LogP contribution in [0.5, 0.6) is 11.5 Å². The molecule has 0 aliphatic rings. The van der Waals surface area contributed by atoms with Crippen molar-refractivity contribution in [2.24, 2.45) is 5.73 Å². The molecule has 0 saturated heterocycles. The number of carbonyl (C=O) groups is 1. The highest BCUT2D eigenvalue weighted by atomic mass is 32.1. The van der Waals surface area contributed by atoms with Gasteiger partial charge in [0.05, 0.1) is 19.8 Å². The van der Waals surface area contributed by atoms with Crippen LogP contribution in [0.2, 0.25) is 0 Å². The fourth-order valence-electron chi connectivity index (χ4n) is 1.77. The number of carbonyl (C=O) groups excluding carboxylic acids is 1. The lowest BCUT2D eigenvalue weighted by molar-refractivity contribution is 0.0959. The molecule has 5 heteroatoms. The Labute approximate surface area is 115 Å². The first kappa shape index (κ1) is 13.6. The van der Waals surface area contributed by atoms with Gasteiger partial charge in [-0.05, 0) is 23.6 Å². The minimum atomic E-state index is -0.665. The number of rotatable bonds is 5. The lowest BCUT2D eigenvalue weighted by Gasteiger charge is -2.13. The number of hydrogen-bond donors (Lipinski definition) is 1. The molecule has 4 nitrogen and oxygen atoms in total. The molecule has 2 rings (SSSR count). The van der Waals surface area contributed by atoms with Crippen LogP contribution in [0.4, 0.5) is 0 Å². The van der Waals surface area contributed by atoms with Gasteiger partial charge in [-0.25, -0.2) is 0 Å². The Bertz CT molecular complexity index is 566. The van der Waals surface area contributed by atoms with E-state index in [4.69, 9.17) is 15.2 Å². The summed E-state index contributed by atoms with van der Waals surface area (Å²) >= 11 is 1.46. The van der Waals surface area contributed by atoms with Crippen LogP contribution < -0.4 is 15.2 Å². The zero-order valence-electron chi connectivity index (χ0n) is 10.8. The molecule has 1 atom stereocenters. The van der Waals surface area contributed by atoms with E-state index in [-0.39, 0.29) is 5.78 Å². The standard InChI is InChI=1S/C14H15NO3S/c1-17-9-5-6-10(11(8-9)18-2)14(16)13(15)12-4-3-7-19-12/h3-8,13H,15H2,1-2H3. The molecule has 0 radical (unpaired) electrons. The van der Waals surface area contributed by atoms with Crippen molar-refractivity contribution >= 4 is 17.1 Å². The minimum Gasteiger partial charge on any atom is -0.497 e. The molecule has 0 spiro atoms. The van der Waals surface area contributed by atoms with Gasteiger partial charge in [-0.2, -0.15) is 0 Å². The van der Waals surface area contributed by atoms with Crippen molar-refractivity contribution in [2.75, 3.05) is 14.2 Å². The summed E-state index contributed by atoms with van der Waals surface area (Å²) in [5, 5.41) is 1.90. The molecule has 2 aromatic rings. The molecule has 1 heterocycles. The first-order valence-electron chi connectivity index (χ1n) is 5.72. The second-order valence-corrected chi connectivity index (χ2v) is 4.90. The number of Topliss-reactive ketones (excluding diaryl/α,β-unsaturated/α-hetero) is 1. The van der Waals surface area contributed by atoms with Gasteiger partial charge < -0.3 is 15.2 Å². The third-order valence-corrected chi connectivity index (χ3v) is 3.76. The SMILES string of the molecule is COc1ccc(C(=O)C(N)c2cccs2)c(OC)c1. The van der Waals surface area contributed by atoms with E-state index in [2.05, 4.69) is 0 Å². The van der Waals surface area contributed by atoms with E-state index >= 15 is 0 Å². The van der Waals surface area contributed by atoms with Crippen molar-refractivity contribution in [3.63, 3.8) is 0 Å². The monoisotopic (exact) mass is 277 g/mol. The van der Waals surface area contributed by atoms with E-state index < -0.39 is 6.04 Å². The van der Waals surface area contributed by atoms with Crippen molar-refractivity contribution < 1.29 is 14.3 Å². The predicted molar refractivity (Wildman–Crippen MR) is 75.1 cm³/mol. The average molecular weight is 277 g/mol. The smallest absolute Gasteiger partial charge is 0.188 e. The maximum absolute atomic E-state index is 12.4. The summed E-state index contributed by atoms with van der Waals surface area (Å²) in [5.41, 5.74) is 6.45. The molecule has 100 valence electrons. The quantitative estimate of drug-likeness (QED) is 0.853. The van der Waals surface area contributed by atoms with Crippen LogP contribution in [0.1, 0.15) is 21.3 Å². The highest BCUT2D eigenvalue weighted by Crippen LogP contribution is 2.29. The van der Waals surface area contributed by atoms with Crippen molar-refractivity contribution in [1.82, 2.24) is 0 Å². The number of methoxy groups -OCH3 is 2. The van der Waals surface area contributed by atoms with E-state index in [0.29, 0.717) is 17.1 Å². The number of nitrogens with two attached hydrogens (primary N) is 1. The molecule has 19 heavy (non-hydrogen) atoms. The first-order valence-corrected chi connectivity index (χ1v) is 6.60. The van der Waals surface area contributed by atoms with E-state index in [1.54, 1.807) is 25.3 Å². The molecule has 1 aromatic carbocycles. The van der Waals surface area contributed by atoms with Crippen LogP contribution in [-0.4, -0.2) is 20.0 Å². The third kappa shape index (κ3) is 2.77. The van der Waals surface area contributed by atoms with Gasteiger partial charge in [0.15, 0.2) is 5.78 Å². The van der Waals surface area contributed by atoms with E-state index in [9.17, 15) is 4.79 Å². The lowest BCUT2D eigenvalue weighted by atomic mass is 10.0. The van der Waals surface area contributed by atoms with Crippen LogP contribution in [0.3, 0.4) is 0 Å². The summed E-state index contributed by atoms with van der Waals surface area (Å²) in [7, 11) is 3.08. The molecular weight excluding hydrogens is 262 g/mol. The maximum Gasteiger partial charge on any atom is 0.188 e. The summed E-state index contributed by atoms with van der Waals surface area (Å²) in [6.45, 7) is 0. The normalized spacial score (nSPS) is 11.9. The number of hydrogen-bond acceptors (Lipinski definition) is 5. The molecule has 0 amide bonds. The summed E-state index contributed by atoms with van der Waals surface area (Å²) < 4.78 is 10.3. The maximum atomic E-state index is 12.4. The van der Waals surface area contributed by atoms with Crippen molar-refractivity contribution in [2.45, 2.75) is 6.04 Å². The molecule has 1 unspecified atom stereocenters. The van der Waals surface area contributed by atoms with Gasteiger partial charge in [0, 0.05) is 10.9 Å². The second kappa shape index (κ2) is 5.86. The van der Waals surface area contributed by atoms with Crippen LogP contribution in [0, 0.1) is 0 Å². The van der Waals surface area contributed by atoms with Gasteiger partial charge >= 0.3 is 0 Å². The fraction of sp³-hybridized carbons (Fsp3) is 0.214.